The number of carbonyl (C=O) groups excluding carboxylic acids is 2. The second-order valence-electron chi connectivity index (χ2n) is 8.19. The number of carbonyl (C=O) groups is 3. The van der Waals surface area contributed by atoms with Crippen LogP contribution in [0.3, 0.4) is 0 Å². The van der Waals surface area contributed by atoms with Crippen molar-refractivity contribution in [3.63, 3.8) is 0 Å². The minimum atomic E-state index is -0.964. The molecule has 0 spiro atoms. The molecule has 0 aliphatic heterocycles. The second kappa shape index (κ2) is 11.2. The van der Waals surface area contributed by atoms with Crippen LogP contribution in [0, 0.1) is 5.82 Å². The van der Waals surface area contributed by atoms with E-state index < -0.39 is 17.7 Å². The molecule has 186 valence electrons. The molecular formula is C28H23FN4O4. The van der Waals surface area contributed by atoms with Gasteiger partial charge in [0.1, 0.15) is 0 Å². The number of anilines is 2. The van der Waals surface area contributed by atoms with Crippen LogP contribution >= 0.6 is 0 Å². The van der Waals surface area contributed by atoms with Crippen LogP contribution in [0.5, 0.6) is 0 Å². The summed E-state index contributed by atoms with van der Waals surface area (Å²) in [7, 11) is 0. The molecule has 4 aromatic rings. The predicted molar refractivity (Wildman–Crippen MR) is 138 cm³/mol. The lowest BCUT2D eigenvalue weighted by molar-refractivity contribution is -0.136. The third-order valence-electron chi connectivity index (χ3n) is 5.59. The van der Waals surface area contributed by atoms with Crippen LogP contribution in [0.15, 0.2) is 85.2 Å². The van der Waals surface area contributed by atoms with Crippen LogP contribution in [0.25, 0.3) is 11.1 Å². The zero-order valence-electron chi connectivity index (χ0n) is 19.6. The number of hydrogen-bond donors (Lipinski definition) is 4. The van der Waals surface area contributed by atoms with Gasteiger partial charge in [-0.25, -0.2) is 4.39 Å². The highest BCUT2D eigenvalue weighted by molar-refractivity contribution is 6.06. The fourth-order valence-electron chi connectivity index (χ4n) is 3.80. The summed E-state index contributed by atoms with van der Waals surface area (Å²) in [5, 5.41) is 14.3. The van der Waals surface area contributed by atoms with Gasteiger partial charge in [-0.2, -0.15) is 0 Å². The van der Waals surface area contributed by atoms with Crippen LogP contribution < -0.4 is 16.4 Å². The molecule has 5 N–H and O–H groups in total. The van der Waals surface area contributed by atoms with Gasteiger partial charge >= 0.3 is 5.97 Å². The highest BCUT2D eigenvalue weighted by Gasteiger charge is 2.15. The number of carboxylic acid groups (broad SMARTS) is 1. The van der Waals surface area contributed by atoms with Gasteiger partial charge < -0.3 is 21.5 Å². The molecule has 0 atom stereocenters. The molecule has 0 bridgehead atoms. The highest BCUT2D eigenvalue weighted by atomic mass is 19.1. The number of aromatic nitrogens is 1. The van der Waals surface area contributed by atoms with Crippen molar-refractivity contribution in [1.82, 2.24) is 4.98 Å². The Balaban J connectivity index is 1.59. The smallest absolute Gasteiger partial charge is 0.307 e. The largest absolute Gasteiger partial charge is 0.481 e. The van der Waals surface area contributed by atoms with E-state index in [0.29, 0.717) is 27.9 Å². The highest BCUT2D eigenvalue weighted by Crippen LogP contribution is 2.27. The average molecular weight is 499 g/mol. The monoisotopic (exact) mass is 498 g/mol. The molecule has 0 aliphatic rings. The van der Waals surface area contributed by atoms with Gasteiger partial charge in [-0.1, -0.05) is 30.3 Å². The molecular weight excluding hydrogens is 475 g/mol. The number of halogens is 1. The fourth-order valence-corrected chi connectivity index (χ4v) is 3.80. The molecule has 4 rings (SSSR count). The van der Waals surface area contributed by atoms with Crippen molar-refractivity contribution in [3.8, 4) is 11.1 Å². The van der Waals surface area contributed by atoms with Gasteiger partial charge in [-0.15, -0.1) is 0 Å². The van der Waals surface area contributed by atoms with Gasteiger partial charge in [0.25, 0.3) is 11.8 Å². The minimum Gasteiger partial charge on any atom is -0.481 e. The number of pyridine rings is 1. The van der Waals surface area contributed by atoms with Gasteiger partial charge in [-0.05, 0) is 64.7 Å². The van der Waals surface area contributed by atoms with Crippen LogP contribution in [0.4, 0.5) is 15.8 Å². The molecule has 3 aromatic carbocycles. The fraction of sp³-hybridized carbons (Fsp3) is 0.0714. The number of hydrogen-bond acceptors (Lipinski definition) is 5. The van der Waals surface area contributed by atoms with Gasteiger partial charge in [-0.3, -0.25) is 19.4 Å². The van der Waals surface area contributed by atoms with Crippen LogP contribution in [0.1, 0.15) is 31.8 Å². The average Bonchev–Trinajstić information content (AvgIpc) is 2.89. The van der Waals surface area contributed by atoms with Gasteiger partial charge in [0, 0.05) is 29.6 Å². The number of aliphatic carboxylic acids is 1. The molecule has 0 fully saturated rings. The second-order valence-corrected chi connectivity index (χ2v) is 8.19. The summed E-state index contributed by atoms with van der Waals surface area (Å²) in [6, 6.07) is 19.8. The number of nitrogens with zero attached hydrogens (tertiary/aromatic N) is 1. The normalized spacial score (nSPS) is 10.5. The first kappa shape index (κ1) is 25.2. The van der Waals surface area contributed by atoms with E-state index in [1.807, 2.05) is 0 Å². The first-order chi connectivity index (χ1) is 17.8. The summed E-state index contributed by atoms with van der Waals surface area (Å²) in [5.41, 5.74) is 9.69. The van der Waals surface area contributed by atoms with Crippen molar-refractivity contribution < 1.29 is 23.9 Å². The molecule has 0 aliphatic carbocycles. The standard InChI is InChI=1S/C28H23FN4O4/c29-24-16-31-10-9-25(24)33-28(37)20-7-8-21(15-30)23(14-20)18-4-2-5-19(13-18)27(36)32-22-6-1-3-17(11-22)12-26(34)35/h1-11,13-14,16H,12,15,30H2,(H,32,36)(H,34,35)(H,31,33,37). The number of nitrogens with one attached hydrogen (secondary N) is 2. The van der Waals surface area contributed by atoms with Crippen molar-refractivity contribution in [2.45, 2.75) is 13.0 Å². The zero-order chi connectivity index (χ0) is 26.4. The summed E-state index contributed by atoms with van der Waals surface area (Å²) in [6.07, 6.45) is 2.23. The van der Waals surface area contributed by atoms with Gasteiger partial charge in [0.15, 0.2) is 5.82 Å². The Bertz CT molecular complexity index is 1490. The Hall–Kier alpha value is -4.89. The van der Waals surface area contributed by atoms with Crippen molar-refractivity contribution in [1.29, 1.82) is 0 Å². The third-order valence-corrected chi connectivity index (χ3v) is 5.59. The number of carboxylic acids is 1. The summed E-state index contributed by atoms with van der Waals surface area (Å²) in [5.74, 6) is -2.51. The van der Waals surface area contributed by atoms with Crippen LogP contribution in [0.2, 0.25) is 0 Å². The van der Waals surface area contributed by atoms with E-state index in [1.54, 1.807) is 66.7 Å². The molecule has 2 amide bonds. The lowest BCUT2D eigenvalue weighted by Gasteiger charge is -2.13. The Morgan fingerprint density at radius 1 is 0.892 bits per heavy atom. The summed E-state index contributed by atoms with van der Waals surface area (Å²) >= 11 is 0. The first-order valence-corrected chi connectivity index (χ1v) is 11.3. The zero-order valence-corrected chi connectivity index (χ0v) is 19.6. The molecule has 1 aromatic heterocycles. The molecule has 37 heavy (non-hydrogen) atoms. The quantitative estimate of drug-likeness (QED) is 0.283. The van der Waals surface area contributed by atoms with E-state index in [9.17, 15) is 18.8 Å². The predicted octanol–water partition coefficient (Wildman–Crippen LogP) is 4.48. The van der Waals surface area contributed by atoms with Gasteiger partial charge in [0.2, 0.25) is 0 Å². The molecule has 8 nitrogen and oxygen atoms in total. The molecule has 9 heteroatoms. The summed E-state index contributed by atoms with van der Waals surface area (Å²) in [4.78, 5) is 40.4. The molecule has 0 unspecified atom stereocenters. The van der Waals surface area contributed by atoms with E-state index in [1.165, 1.54) is 12.3 Å². The van der Waals surface area contributed by atoms with Crippen molar-refractivity contribution in [2.24, 2.45) is 5.73 Å². The van der Waals surface area contributed by atoms with Crippen molar-refractivity contribution in [2.75, 3.05) is 10.6 Å². The first-order valence-electron chi connectivity index (χ1n) is 11.3. The summed E-state index contributed by atoms with van der Waals surface area (Å²) < 4.78 is 13.9. The molecule has 0 radical (unpaired) electrons. The molecule has 1 heterocycles. The number of benzene rings is 3. The third kappa shape index (κ3) is 6.22. The molecule has 0 saturated heterocycles. The maximum absolute atomic E-state index is 13.9. The SMILES string of the molecule is NCc1ccc(C(=O)Nc2ccncc2F)cc1-c1cccc(C(=O)Nc2cccc(CC(=O)O)c2)c1. The Labute approximate surface area is 212 Å². The van der Waals surface area contributed by atoms with Gasteiger partial charge in [0.05, 0.1) is 18.3 Å². The van der Waals surface area contributed by atoms with Crippen LogP contribution in [-0.4, -0.2) is 27.9 Å². The Morgan fingerprint density at radius 3 is 2.41 bits per heavy atom. The Kier molecular flexibility index (Phi) is 7.65. The summed E-state index contributed by atoms with van der Waals surface area (Å²) in [6.45, 7) is 0.197. The topological polar surface area (TPSA) is 134 Å². The minimum absolute atomic E-state index is 0.00976. The van der Waals surface area contributed by atoms with E-state index in [0.717, 1.165) is 11.8 Å². The van der Waals surface area contributed by atoms with E-state index >= 15 is 0 Å². The lowest BCUT2D eigenvalue weighted by Crippen LogP contribution is -2.14. The van der Waals surface area contributed by atoms with Crippen molar-refractivity contribution in [3.05, 3.63) is 113 Å². The van der Waals surface area contributed by atoms with Crippen LogP contribution in [-0.2, 0) is 17.8 Å². The maximum Gasteiger partial charge on any atom is 0.307 e. The number of nitrogens with two attached hydrogens (primary N) is 1. The molecule has 0 saturated carbocycles. The van der Waals surface area contributed by atoms with E-state index in [4.69, 9.17) is 10.8 Å². The number of amides is 2. The lowest BCUT2D eigenvalue weighted by atomic mass is 9.95. The Morgan fingerprint density at radius 2 is 1.65 bits per heavy atom. The number of rotatable bonds is 8. The van der Waals surface area contributed by atoms with Crippen molar-refractivity contribution >= 4 is 29.2 Å². The van der Waals surface area contributed by atoms with E-state index in [-0.39, 0.29) is 30.1 Å². The maximum atomic E-state index is 13.9. The van der Waals surface area contributed by atoms with E-state index in [2.05, 4.69) is 15.6 Å².